The molecule has 1 aliphatic rings. The molecule has 1 aromatic rings. The summed E-state index contributed by atoms with van der Waals surface area (Å²) in [6, 6.07) is 4.78. The molecule has 1 aromatic carbocycles. The van der Waals surface area contributed by atoms with Crippen LogP contribution in [0.2, 0.25) is 0 Å². The summed E-state index contributed by atoms with van der Waals surface area (Å²) in [5, 5.41) is 2.52. The van der Waals surface area contributed by atoms with Gasteiger partial charge in [0.1, 0.15) is 6.04 Å². The van der Waals surface area contributed by atoms with Gasteiger partial charge in [-0.15, -0.1) is 0 Å². The normalized spacial score (nSPS) is 19.2. The fourth-order valence-electron chi connectivity index (χ4n) is 3.18. The fraction of sp³-hybridized carbons (Fsp3) is 0.529. The Kier molecular flexibility index (Phi) is 5.51. The number of halogens is 3. The Morgan fingerprint density at radius 1 is 1.33 bits per heavy atom. The number of amides is 2. The Morgan fingerprint density at radius 2 is 2.00 bits per heavy atom. The molecule has 0 aliphatic carbocycles. The van der Waals surface area contributed by atoms with Crippen LogP contribution < -0.4 is 5.32 Å². The molecular weight excluding hydrogens is 321 g/mol. The van der Waals surface area contributed by atoms with Gasteiger partial charge >= 0.3 is 6.18 Å². The number of benzene rings is 1. The molecule has 0 bridgehead atoms. The average molecular weight is 342 g/mol. The van der Waals surface area contributed by atoms with Crippen molar-refractivity contribution >= 4 is 11.8 Å². The van der Waals surface area contributed by atoms with E-state index in [0.29, 0.717) is 13.0 Å². The van der Waals surface area contributed by atoms with Crippen LogP contribution >= 0.6 is 0 Å². The first kappa shape index (κ1) is 18.3. The number of nitrogens with one attached hydrogen (secondary N) is 1. The van der Waals surface area contributed by atoms with Gasteiger partial charge in [0, 0.05) is 20.0 Å². The predicted octanol–water partition coefficient (Wildman–Crippen LogP) is 2.94. The number of carbonyl (C=O) groups is 2. The number of likely N-dealkylation sites (tertiary alicyclic amines) is 1. The maximum atomic E-state index is 13.1. The maximum absolute atomic E-state index is 13.1. The number of alkyl halides is 3. The Labute approximate surface area is 139 Å². The SMILES string of the molecule is CNC(=O)[C@@H]1CCCN1C(=O)C[C@H](C)c1ccccc1C(F)(F)F. The van der Waals surface area contributed by atoms with Crippen LogP contribution in [0, 0.1) is 0 Å². The molecule has 1 saturated heterocycles. The van der Waals surface area contributed by atoms with E-state index >= 15 is 0 Å². The maximum Gasteiger partial charge on any atom is 0.416 e. The monoisotopic (exact) mass is 342 g/mol. The second kappa shape index (κ2) is 7.23. The molecule has 0 radical (unpaired) electrons. The molecule has 0 spiro atoms. The largest absolute Gasteiger partial charge is 0.416 e. The zero-order valence-electron chi connectivity index (χ0n) is 13.7. The van der Waals surface area contributed by atoms with E-state index in [1.54, 1.807) is 6.92 Å². The highest BCUT2D eigenvalue weighted by atomic mass is 19.4. The smallest absolute Gasteiger partial charge is 0.357 e. The standard InChI is InChI=1S/C17H21F3N2O2/c1-11(12-6-3-4-7-13(12)17(18,19)20)10-15(23)22-9-5-8-14(22)16(24)21-2/h3-4,6-7,11,14H,5,8-10H2,1-2H3,(H,21,24)/t11-,14-/m0/s1. The van der Waals surface area contributed by atoms with Crippen LogP contribution in [-0.4, -0.2) is 36.3 Å². The molecule has 0 unspecified atom stereocenters. The van der Waals surface area contributed by atoms with Crippen LogP contribution in [0.5, 0.6) is 0 Å². The van der Waals surface area contributed by atoms with Gasteiger partial charge in [-0.1, -0.05) is 25.1 Å². The van der Waals surface area contributed by atoms with Crippen LogP contribution in [0.1, 0.15) is 43.2 Å². The van der Waals surface area contributed by atoms with Crippen molar-refractivity contribution in [1.82, 2.24) is 10.2 Å². The number of rotatable bonds is 4. The lowest BCUT2D eigenvalue weighted by molar-refractivity contribution is -0.140. The Bertz CT molecular complexity index is 616. The minimum absolute atomic E-state index is 0.0550. The van der Waals surface area contributed by atoms with Gasteiger partial charge in [-0.2, -0.15) is 13.2 Å². The predicted molar refractivity (Wildman–Crippen MR) is 83.3 cm³/mol. The first-order valence-corrected chi connectivity index (χ1v) is 7.93. The second-order valence-electron chi connectivity index (χ2n) is 6.05. The second-order valence-corrected chi connectivity index (χ2v) is 6.05. The highest BCUT2D eigenvalue weighted by molar-refractivity contribution is 5.88. The van der Waals surface area contributed by atoms with E-state index in [9.17, 15) is 22.8 Å². The topological polar surface area (TPSA) is 49.4 Å². The molecule has 24 heavy (non-hydrogen) atoms. The first-order valence-electron chi connectivity index (χ1n) is 7.93. The number of hydrogen-bond acceptors (Lipinski definition) is 2. The molecule has 4 nitrogen and oxygen atoms in total. The van der Waals surface area contributed by atoms with Crippen LogP contribution in [0.4, 0.5) is 13.2 Å². The van der Waals surface area contributed by atoms with Gasteiger partial charge in [0.05, 0.1) is 5.56 Å². The van der Waals surface area contributed by atoms with Gasteiger partial charge in [-0.05, 0) is 30.4 Å². The van der Waals surface area contributed by atoms with E-state index in [4.69, 9.17) is 0 Å². The van der Waals surface area contributed by atoms with Gasteiger partial charge in [0.25, 0.3) is 0 Å². The summed E-state index contributed by atoms with van der Waals surface area (Å²) < 4.78 is 39.3. The third kappa shape index (κ3) is 3.88. The van der Waals surface area contributed by atoms with Gasteiger partial charge in [0.15, 0.2) is 0 Å². The van der Waals surface area contributed by atoms with Crippen molar-refractivity contribution in [3.63, 3.8) is 0 Å². The zero-order chi connectivity index (χ0) is 17.9. The molecular formula is C17H21F3N2O2. The van der Waals surface area contributed by atoms with Crippen LogP contribution in [0.25, 0.3) is 0 Å². The van der Waals surface area contributed by atoms with E-state index in [1.807, 2.05) is 0 Å². The van der Waals surface area contributed by atoms with Crippen LogP contribution in [0.3, 0.4) is 0 Å². The lowest BCUT2D eigenvalue weighted by Crippen LogP contribution is -2.45. The molecule has 2 atom stereocenters. The summed E-state index contributed by atoms with van der Waals surface area (Å²) in [6.45, 7) is 2.07. The third-order valence-corrected chi connectivity index (χ3v) is 4.40. The molecule has 0 saturated carbocycles. The molecule has 1 heterocycles. The molecule has 132 valence electrons. The number of hydrogen-bond donors (Lipinski definition) is 1. The average Bonchev–Trinajstić information content (AvgIpc) is 3.03. The van der Waals surface area contributed by atoms with E-state index in [1.165, 1.54) is 30.1 Å². The lowest BCUT2D eigenvalue weighted by Gasteiger charge is -2.25. The number of likely N-dealkylation sites (N-methyl/N-ethyl adjacent to an activating group) is 1. The van der Waals surface area contributed by atoms with Crippen molar-refractivity contribution in [3.8, 4) is 0 Å². The number of carbonyl (C=O) groups excluding carboxylic acids is 2. The van der Waals surface area contributed by atoms with Crippen molar-refractivity contribution in [2.45, 2.75) is 44.3 Å². The Hall–Kier alpha value is -2.05. The van der Waals surface area contributed by atoms with Gasteiger partial charge < -0.3 is 10.2 Å². The van der Waals surface area contributed by atoms with Crippen LogP contribution in [-0.2, 0) is 15.8 Å². The molecule has 2 amide bonds. The zero-order valence-corrected chi connectivity index (χ0v) is 13.7. The molecule has 1 fully saturated rings. The summed E-state index contributed by atoms with van der Waals surface area (Å²) in [6.07, 6.45) is -3.21. The Morgan fingerprint density at radius 3 is 2.62 bits per heavy atom. The van der Waals surface area contributed by atoms with Crippen molar-refractivity contribution in [2.75, 3.05) is 13.6 Å². The van der Waals surface area contributed by atoms with Crippen molar-refractivity contribution in [1.29, 1.82) is 0 Å². The lowest BCUT2D eigenvalue weighted by atomic mass is 9.92. The summed E-state index contributed by atoms with van der Waals surface area (Å²) in [7, 11) is 1.51. The van der Waals surface area contributed by atoms with E-state index in [0.717, 1.165) is 12.5 Å². The first-order chi connectivity index (χ1) is 11.3. The number of nitrogens with zero attached hydrogens (tertiary/aromatic N) is 1. The summed E-state index contributed by atoms with van der Waals surface area (Å²) in [5.74, 6) is -1.10. The van der Waals surface area contributed by atoms with Crippen molar-refractivity contribution in [3.05, 3.63) is 35.4 Å². The molecule has 7 heteroatoms. The third-order valence-electron chi connectivity index (χ3n) is 4.40. The van der Waals surface area contributed by atoms with Crippen LogP contribution in [0.15, 0.2) is 24.3 Å². The summed E-state index contributed by atoms with van der Waals surface area (Å²) >= 11 is 0. The highest BCUT2D eigenvalue weighted by Crippen LogP contribution is 2.36. The Balaban J connectivity index is 2.14. The molecule has 2 rings (SSSR count). The van der Waals surface area contributed by atoms with Crippen molar-refractivity contribution in [2.24, 2.45) is 0 Å². The molecule has 0 aromatic heterocycles. The summed E-state index contributed by atoms with van der Waals surface area (Å²) in [4.78, 5) is 25.8. The van der Waals surface area contributed by atoms with E-state index in [-0.39, 0.29) is 23.8 Å². The highest BCUT2D eigenvalue weighted by Gasteiger charge is 2.37. The summed E-state index contributed by atoms with van der Waals surface area (Å²) in [5.41, 5.74) is -0.608. The fourth-order valence-corrected chi connectivity index (χ4v) is 3.18. The van der Waals surface area contributed by atoms with Gasteiger partial charge in [0.2, 0.25) is 11.8 Å². The molecule has 1 N–H and O–H groups in total. The van der Waals surface area contributed by atoms with E-state index < -0.39 is 23.7 Å². The quantitative estimate of drug-likeness (QED) is 0.915. The van der Waals surface area contributed by atoms with Gasteiger partial charge in [-0.25, -0.2) is 0 Å². The minimum Gasteiger partial charge on any atom is -0.357 e. The molecule has 1 aliphatic heterocycles. The van der Waals surface area contributed by atoms with Gasteiger partial charge in [-0.3, -0.25) is 9.59 Å². The van der Waals surface area contributed by atoms with E-state index in [2.05, 4.69) is 5.32 Å². The van der Waals surface area contributed by atoms with Crippen molar-refractivity contribution < 1.29 is 22.8 Å². The minimum atomic E-state index is -4.45.